The predicted octanol–water partition coefficient (Wildman–Crippen LogP) is 1.99. The lowest BCUT2D eigenvalue weighted by atomic mass is 10.1. The summed E-state index contributed by atoms with van der Waals surface area (Å²) in [6.45, 7) is 6.40. The van der Waals surface area contributed by atoms with Crippen LogP contribution in [-0.4, -0.2) is 49.4 Å². The molecular formula is C15H25N3O. The number of nitrogens with two attached hydrogens (primary N) is 1. The Morgan fingerprint density at radius 1 is 1.21 bits per heavy atom. The molecule has 2 N–H and O–H groups in total. The number of nitrogen functional groups attached to an aromatic ring is 1. The van der Waals surface area contributed by atoms with Crippen molar-refractivity contribution in [1.29, 1.82) is 0 Å². The van der Waals surface area contributed by atoms with Gasteiger partial charge in [-0.1, -0.05) is 18.6 Å². The summed E-state index contributed by atoms with van der Waals surface area (Å²) in [5.41, 5.74) is 8.15. The summed E-state index contributed by atoms with van der Waals surface area (Å²) in [4.78, 5) is 16.5. The third-order valence-corrected chi connectivity index (χ3v) is 3.04. The Kier molecular flexibility index (Phi) is 5.83. The molecule has 0 aromatic heterocycles. The van der Waals surface area contributed by atoms with Gasteiger partial charge in [-0.25, -0.2) is 0 Å². The lowest BCUT2D eigenvalue weighted by molar-refractivity contribution is 0.0746. The Morgan fingerprint density at radius 2 is 1.89 bits per heavy atom. The molecule has 4 nitrogen and oxygen atoms in total. The van der Waals surface area contributed by atoms with Crippen LogP contribution in [0.2, 0.25) is 0 Å². The van der Waals surface area contributed by atoms with Gasteiger partial charge in [0.1, 0.15) is 0 Å². The highest BCUT2D eigenvalue weighted by molar-refractivity contribution is 5.99. The maximum atomic E-state index is 12.5. The van der Waals surface area contributed by atoms with Crippen LogP contribution in [0.25, 0.3) is 0 Å². The van der Waals surface area contributed by atoms with E-state index in [-0.39, 0.29) is 5.91 Å². The molecular weight excluding hydrogens is 238 g/mol. The van der Waals surface area contributed by atoms with E-state index in [2.05, 4.69) is 11.8 Å². The molecule has 0 saturated carbocycles. The van der Waals surface area contributed by atoms with Crippen LogP contribution in [0, 0.1) is 6.92 Å². The summed E-state index contributed by atoms with van der Waals surface area (Å²) in [7, 11) is 4.02. The Morgan fingerprint density at radius 3 is 2.47 bits per heavy atom. The van der Waals surface area contributed by atoms with Crippen molar-refractivity contribution in [3.8, 4) is 0 Å². The number of rotatable bonds is 6. The first-order valence-corrected chi connectivity index (χ1v) is 6.75. The molecule has 0 unspecified atom stereocenters. The summed E-state index contributed by atoms with van der Waals surface area (Å²) in [5, 5.41) is 0. The first-order valence-electron chi connectivity index (χ1n) is 6.75. The fourth-order valence-electron chi connectivity index (χ4n) is 1.93. The van der Waals surface area contributed by atoms with Gasteiger partial charge in [-0.15, -0.1) is 0 Å². The molecule has 0 aliphatic heterocycles. The van der Waals surface area contributed by atoms with Gasteiger partial charge in [0, 0.05) is 25.3 Å². The topological polar surface area (TPSA) is 49.6 Å². The van der Waals surface area contributed by atoms with Crippen molar-refractivity contribution in [2.75, 3.05) is 39.5 Å². The Labute approximate surface area is 116 Å². The van der Waals surface area contributed by atoms with Crippen molar-refractivity contribution in [2.45, 2.75) is 20.3 Å². The van der Waals surface area contributed by atoms with Gasteiger partial charge in [-0.05, 0) is 39.6 Å². The van der Waals surface area contributed by atoms with Gasteiger partial charge >= 0.3 is 0 Å². The summed E-state index contributed by atoms with van der Waals surface area (Å²) >= 11 is 0. The number of amides is 1. The maximum Gasteiger partial charge on any atom is 0.255 e. The van der Waals surface area contributed by atoms with Crippen LogP contribution in [0.15, 0.2) is 18.2 Å². The van der Waals surface area contributed by atoms with E-state index >= 15 is 0 Å². The van der Waals surface area contributed by atoms with Gasteiger partial charge in [0.05, 0.1) is 5.56 Å². The lowest BCUT2D eigenvalue weighted by Gasteiger charge is -2.24. The molecule has 1 rings (SSSR count). The molecule has 0 fully saturated rings. The minimum Gasteiger partial charge on any atom is -0.398 e. The molecule has 0 aliphatic rings. The fraction of sp³-hybridized carbons (Fsp3) is 0.533. The van der Waals surface area contributed by atoms with Crippen molar-refractivity contribution < 1.29 is 4.79 Å². The van der Waals surface area contributed by atoms with Gasteiger partial charge in [0.25, 0.3) is 5.91 Å². The number of hydrogen-bond acceptors (Lipinski definition) is 3. The molecule has 4 heteroatoms. The molecule has 0 aliphatic carbocycles. The first kappa shape index (κ1) is 15.5. The zero-order valence-corrected chi connectivity index (χ0v) is 12.4. The van der Waals surface area contributed by atoms with E-state index in [1.165, 1.54) is 0 Å². The average molecular weight is 263 g/mol. The number of hydrogen-bond donors (Lipinski definition) is 1. The van der Waals surface area contributed by atoms with Gasteiger partial charge in [0.15, 0.2) is 0 Å². The van der Waals surface area contributed by atoms with Crippen LogP contribution in [0.4, 0.5) is 5.69 Å². The highest BCUT2D eigenvalue weighted by Gasteiger charge is 2.17. The summed E-state index contributed by atoms with van der Waals surface area (Å²) in [6.07, 6.45) is 0.949. The number of carbonyl (C=O) groups is 1. The summed E-state index contributed by atoms with van der Waals surface area (Å²) in [6, 6.07) is 5.60. The number of aryl methyl sites for hydroxylation is 1. The van der Waals surface area contributed by atoms with Crippen LogP contribution in [0.5, 0.6) is 0 Å². The number of likely N-dealkylation sites (N-methyl/N-ethyl adjacent to an activating group) is 1. The normalized spacial score (nSPS) is 10.8. The van der Waals surface area contributed by atoms with Gasteiger partial charge < -0.3 is 15.5 Å². The second-order valence-electron chi connectivity index (χ2n) is 5.19. The molecule has 0 radical (unpaired) electrons. The summed E-state index contributed by atoms with van der Waals surface area (Å²) in [5.74, 6) is 0.0323. The Bertz CT molecular complexity index is 429. The molecule has 106 valence electrons. The molecule has 0 atom stereocenters. The molecule has 1 aromatic rings. The van der Waals surface area contributed by atoms with E-state index in [9.17, 15) is 4.79 Å². The van der Waals surface area contributed by atoms with E-state index < -0.39 is 0 Å². The monoisotopic (exact) mass is 263 g/mol. The largest absolute Gasteiger partial charge is 0.398 e. The number of anilines is 1. The fourth-order valence-corrected chi connectivity index (χ4v) is 1.93. The van der Waals surface area contributed by atoms with Crippen LogP contribution in [-0.2, 0) is 0 Å². The number of nitrogens with zero attached hydrogens (tertiary/aromatic N) is 2. The average Bonchev–Trinajstić information content (AvgIpc) is 2.36. The lowest BCUT2D eigenvalue weighted by Crippen LogP contribution is -2.37. The smallest absolute Gasteiger partial charge is 0.255 e. The molecule has 0 spiro atoms. The number of carbonyl (C=O) groups excluding carboxylic acids is 1. The second kappa shape index (κ2) is 7.14. The molecule has 1 aromatic carbocycles. The van der Waals surface area contributed by atoms with Gasteiger partial charge in [-0.2, -0.15) is 0 Å². The second-order valence-corrected chi connectivity index (χ2v) is 5.19. The minimum atomic E-state index is 0.0323. The van der Waals surface area contributed by atoms with Crippen LogP contribution >= 0.6 is 0 Å². The van der Waals surface area contributed by atoms with E-state index in [0.717, 1.165) is 31.6 Å². The highest BCUT2D eigenvalue weighted by atomic mass is 16.2. The SMILES string of the molecule is CCCN(CCN(C)C)C(=O)c1cc(C)ccc1N. The van der Waals surface area contributed by atoms with Crippen LogP contribution < -0.4 is 5.73 Å². The highest BCUT2D eigenvalue weighted by Crippen LogP contribution is 2.16. The third kappa shape index (κ3) is 4.56. The first-order chi connectivity index (χ1) is 8.95. The van der Waals surface area contributed by atoms with Crippen LogP contribution in [0.1, 0.15) is 29.3 Å². The van der Waals surface area contributed by atoms with Crippen molar-refractivity contribution in [2.24, 2.45) is 0 Å². The van der Waals surface area contributed by atoms with Crippen LogP contribution in [0.3, 0.4) is 0 Å². The predicted molar refractivity (Wildman–Crippen MR) is 80.3 cm³/mol. The Balaban J connectivity index is 2.88. The molecule has 0 heterocycles. The molecule has 0 bridgehead atoms. The van der Waals surface area contributed by atoms with E-state index in [4.69, 9.17) is 5.73 Å². The minimum absolute atomic E-state index is 0.0323. The molecule has 1 amide bonds. The maximum absolute atomic E-state index is 12.5. The van der Waals surface area contributed by atoms with E-state index in [1.807, 2.05) is 38.1 Å². The van der Waals surface area contributed by atoms with Crippen molar-refractivity contribution in [3.63, 3.8) is 0 Å². The summed E-state index contributed by atoms with van der Waals surface area (Å²) < 4.78 is 0. The van der Waals surface area contributed by atoms with Crippen molar-refractivity contribution in [1.82, 2.24) is 9.80 Å². The Hall–Kier alpha value is -1.55. The zero-order valence-electron chi connectivity index (χ0n) is 12.4. The van der Waals surface area contributed by atoms with Gasteiger partial charge in [-0.3, -0.25) is 4.79 Å². The van der Waals surface area contributed by atoms with Gasteiger partial charge in [0.2, 0.25) is 0 Å². The zero-order chi connectivity index (χ0) is 14.4. The quantitative estimate of drug-likeness (QED) is 0.799. The van der Waals surface area contributed by atoms with E-state index in [1.54, 1.807) is 6.07 Å². The number of benzene rings is 1. The van der Waals surface area contributed by atoms with Crippen molar-refractivity contribution >= 4 is 11.6 Å². The van der Waals surface area contributed by atoms with E-state index in [0.29, 0.717) is 11.3 Å². The van der Waals surface area contributed by atoms with Crippen molar-refractivity contribution in [3.05, 3.63) is 29.3 Å². The molecule has 19 heavy (non-hydrogen) atoms. The molecule has 0 saturated heterocycles. The third-order valence-electron chi connectivity index (χ3n) is 3.04. The standard InChI is InChI=1S/C15H25N3O/c1-5-8-18(10-9-17(3)4)15(19)13-11-12(2)6-7-14(13)16/h6-7,11H,5,8-10,16H2,1-4H3.